The van der Waals surface area contributed by atoms with Crippen LogP contribution in [0.5, 0.6) is 0 Å². The summed E-state index contributed by atoms with van der Waals surface area (Å²) >= 11 is 5.38. The van der Waals surface area contributed by atoms with Gasteiger partial charge in [0.05, 0.1) is 5.54 Å². The summed E-state index contributed by atoms with van der Waals surface area (Å²) in [6.45, 7) is 4.15. The SMILES string of the molecule is CC1(C)Nc2c(c(F)cc3c2CCC3)CC1=S. The Morgan fingerprint density at radius 3 is 2.82 bits per heavy atom. The molecule has 0 spiro atoms. The average Bonchev–Trinajstić information content (AvgIpc) is 2.69. The van der Waals surface area contributed by atoms with Crippen molar-refractivity contribution in [2.24, 2.45) is 0 Å². The van der Waals surface area contributed by atoms with Crippen LogP contribution in [-0.4, -0.2) is 10.4 Å². The average molecular weight is 249 g/mol. The molecular weight excluding hydrogens is 233 g/mol. The van der Waals surface area contributed by atoms with Gasteiger partial charge in [-0.25, -0.2) is 4.39 Å². The molecule has 0 saturated heterocycles. The molecule has 0 radical (unpaired) electrons. The second-order valence-electron chi connectivity index (χ2n) is 5.55. The van der Waals surface area contributed by atoms with E-state index in [1.54, 1.807) is 6.07 Å². The van der Waals surface area contributed by atoms with Gasteiger partial charge in [0.1, 0.15) is 5.82 Å². The second kappa shape index (κ2) is 3.52. The molecule has 1 heterocycles. The van der Waals surface area contributed by atoms with Crippen molar-refractivity contribution in [3.63, 3.8) is 0 Å². The Morgan fingerprint density at radius 1 is 1.29 bits per heavy atom. The number of rotatable bonds is 0. The fourth-order valence-corrected chi connectivity index (χ4v) is 3.04. The molecule has 1 aliphatic carbocycles. The molecule has 1 aromatic rings. The molecule has 90 valence electrons. The lowest BCUT2D eigenvalue weighted by Gasteiger charge is -2.36. The first-order valence-electron chi connectivity index (χ1n) is 6.13. The quantitative estimate of drug-likeness (QED) is 0.707. The zero-order valence-corrected chi connectivity index (χ0v) is 11.0. The van der Waals surface area contributed by atoms with Gasteiger partial charge >= 0.3 is 0 Å². The third-order valence-corrected chi connectivity index (χ3v) is 4.58. The van der Waals surface area contributed by atoms with E-state index in [1.807, 2.05) is 0 Å². The molecule has 0 unspecified atom stereocenters. The highest BCUT2D eigenvalue weighted by atomic mass is 32.1. The van der Waals surface area contributed by atoms with E-state index in [0.29, 0.717) is 6.42 Å². The predicted octanol–water partition coefficient (Wildman–Crippen LogP) is 3.43. The first-order valence-corrected chi connectivity index (χ1v) is 6.54. The highest BCUT2D eigenvalue weighted by molar-refractivity contribution is 7.80. The highest BCUT2D eigenvalue weighted by Gasteiger charge is 2.34. The number of hydrogen-bond acceptors (Lipinski definition) is 2. The van der Waals surface area contributed by atoms with Gasteiger partial charge in [-0.05, 0) is 50.3 Å². The number of hydrogen-bond donors (Lipinski definition) is 1. The number of thiocarbonyl (C=S) groups is 1. The van der Waals surface area contributed by atoms with E-state index in [2.05, 4.69) is 19.2 Å². The van der Waals surface area contributed by atoms with Crippen LogP contribution in [0.15, 0.2) is 6.07 Å². The topological polar surface area (TPSA) is 12.0 Å². The lowest BCUT2D eigenvalue weighted by molar-refractivity contribution is 0.608. The number of benzene rings is 1. The molecule has 1 aromatic carbocycles. The van der Waals surface area contributed by atoms with Crippen molar-refractivity contribution in [2.45, 2.75) is 45.1 Å². The van der Waals surface area contributed by atoms with Crippen LogP contribution in [0.4, 0.5) is 10.1 Å². The molecule has 1 N–H and O–H groups in total. The first kappa shape index (κ1) is 11.1. The molecule has 0 atom stereocenters. The Labute approximate surface area is 106 Å². The predicted molar refractivity (Wildman–Crippen MR) is 72.4 cm³/mol. The van der Waals surface area contributed by atoms with Crippen LogP contribution in [0.3, 0.4) is 0 Å². The summed E-state index contributed by atoms with van der Waals surface area (Å²) < 4.78 is 14.1. The molecule has 0 aromatic heterocycles. The van der Waals surface area contributed by atoms with Crippen molar-refractivity contribution in [3.05, 3.63) is 28.6 Å². The van der Waals surface area contributed by atoms with E-state index < -0.39 is 0 Å². The van der Waals surface area contributed by atoms with E-state index in [9.17, 15) is 4.39 Å². The third-order valence-electron chi connectivity index (χ3n) is 3.93. The van der Waals surface area contributed by atoms with Gasteiger partial charge in [-0.15, -0.1) is 0 Å². The maximum Gasteiger partial charge on any atom is 0.129 e. The lowest BCUT2D eigenvalue weighted by atomic mass is 9.86. The highest BCUT2D eigenvalue weighted by Crippen LogP contribution is 2.39. The summed E-state index contributed by atoms with van der Waals surface area (Å²) in [4.78, 5) is 0.891. The van der Waals surface area contributed by atoms with Crippen molar-refractivity contribution in [1.29, 1.82) is 0 Å². The Bertz CT molecular complexity index is 519. The number of aryl methyl sites for hydroxylation is 1. The van der Waals surface area contributed by atoms with Gasteiger partial charge in [0.25, 0.3) is 0 Å². The standard InChI is InChI=1S/C14H16FNS/c1-14(2)12(17)7-10-11(15)6-8-4-3-5-9(8)13(10)16-14/h6,16H,3-5,7H2,1-2H3. The van der Waals surface area contributed by atoms with Crippen LogP contribution < -0.4 is 5.32 Å². The Morgan fingerprint density at radius 2 is 2.06 bits per heavy atom. The maximum atomic E-state index is 14.1. The van der Waals surface area contributed by atoms with E-state index in [-0.39, 0.29) is 11.4 Å². The molecule has 1 aliphatic heterocycles. The number of fused-ring (bicyclic) bond motifs is 3. The van der Waals surface area contributed by atoms with Gasteiger partial charge in [-0.1, -0.05) is 12.2 Å². The molecule has 1 nitrogen and oxygen atoms in total. The fourth-order valence-electron chi connectivity index (χ4n) is 2.84. The minimum absolute atomic E-state index is 0.0917. The molecule has 17 heavy (non-hydrogen) atoms. The van der Waals surface area contributed by atoms with Crippen molar-refractivity contribution >= 4 is 22.8 Å². The van der Waals surface area contributed by atoms with E-state index in [1.165, 1.54) is 11.1 Å². The van der Waals surface area contributed by atoms with Crippen molar-refractivity contribution in [3.8, 4) is 0 Å². The monoisotopic (exact) mass is 249 g/mol. The lowest BCUT2D eigenvalue weighted by Crippen LogP contribution is -2.44. The smallest absolute Gasteiger partial charge is 0.129 e. The fraction of sp³-hybridized carbons (Fsp3) is 0.500. The van der Waals surface area contributed by atoms with Crippen LogP contribution in [0.25, 0.3) is 0 Å². The zero-order valence-electron chi connectivity index (χ0n) is 10.2. The van der Waals surface area contributed by atoms with Gasteiger partial charge in [0.2, 0.25) is 0 Å². The molecule has 0 bridgehead atoms. The van der Waals surface area contributed by atoms with Crippen LogP contribution >= 0.6 is 12.2 Å². The molecule has 3 rings (SSSR count). The first-order chi connectivity index (χ1) is 7.99. The van der Waals surface area contributed by atoms with Crippen molar-refractivity contribution in [1.82, 2.24) is 0 Å². The summed E-state index contributed by atoms with van der Waals surface area (Å²) in [6, 6.07) is 1.71. The summed E-state index contributed by atoms with van der Waals surface area (Å²) in [7, 11) is 0. The summed E-state index contributed by atoms with van der Waals surface area (Å²) in [5, 5.41) is 3.45. The largest absolute Gasteiger partial charge is 0.375 e. The van der Waals surface area contributed by atoms with E-state index in [4.69, 9.17) is 12.2 Å². The van der Waals surface area contributed by atoms with Gasteiger partial charge in [0.15, 0.2) is 0 Å². The van der Waals surface area contributed by atoms with Crippen molar-refractivity contribution in [2.75, 3.05) is 5.32 Å². The third kappa shape index (κ3) is 1.60. The molecule has 3 heteroatoms. The van der Waals surface area contributed by atoms with Gasteiger partial charge in [-0.3, -0.25) is 0 Å². The molecule has 0 saturated carbocycles. The van der Waals surface area contributed by atoms with Crippen molar-refractivity contribution < 1.29 is 4.39 Å². The maximum absolute atomic E-state index is 14.1. The van der Waals surface area contributed by atoms with Gasteiger partial charge in [-0.2, -0.15) is 0 Å². The molecule has 2 aliphatic rings. The van der Waals surface area contributed by atoms with E-state index in [0.717, 1.165) is 35.4 Å². The number of anilines is 1. The Kier molecular flexibility index (Phi) is 2.31. The molecule has 0 amide bonds. The van der Waals surface area contributed by atoms with Crippen LogP contribution in [0.2, 0.25) is 0 Å². The van der Waals surface area contributed by atoms with Crippen LogP contribution in [-0.2, 0) is 19.3 Å². The summed E-state index contributed by atoms with van der Waals surface area (Å²) in [5.41, 5.74) is 4.09. The number of halogens is 1. The summed E-state index contributed by atoms with van der Waals surface area (Å²) in [6.07, 6.45) is 3.79. The van der Waals surface area contributed by atoms with E-state index >= 15 is 0 Å². The Hall–Kier alpha value is -0.960. The minimum Gasteiger partial charge on any atom is -0.375 e. The number of nitrogens with one attached hydrogen (secondary N) is 1. The Balaban J connectivity index is 2.20. The summed E-state index contributed by atoms with van der Waals surface area (Å²) in [5.74, 6) is -0.0917. The minimum atomic E-state index is -0.202. The van der Waals surface area contributed by atoms with Gasteiger partial charge in [0, 0.05) is 22.5 Å². The van der Waals surface area contributed by atoms with Crippen LogP contribution in [0.1, 0.15) is 37.0 Å². The second-order valence-corrected chi connectivity index (χ2v) is 6.05. The molecular formula is C14H16FNS. The zero-order chi connectivity index (χ0) is 12.2. The van der Waals surface area contributed by atoms with Gasteiger partial charge < -0.3 is 5.32 Å². The normalized spacial score (nSPS) is 20.8. The molecule has 0 fully saturated rings. The van der Waals surface area contributed by atoms with Crippen LogP contribution in [0, 0.1) is 5.82 Å².